The van der Waals surface area contributed by atoms with Crippen LogP contribution < -0.4 is 5.32 Å². The van der Waals surface area contributed by atoms with Crippen molar-refractivity contribution in [2.24, 2.45) is 0 Å². The Hall–Kier alpha value is -0.390. The minimum absolute atomic E-state index is 0.336. The van der Waals surface area contributed by atoms with Gasteiger partial charge in [-0.2, -0.15) is 0 Å². The molecule has 0 aliphatic heterocycles. The van der Waals surface area contributed by atoms with Gasteiger partial charge in [0.25, 0.3) is 0 Å². The highest BCUT2D eigenvalue weighted by Crippen LogP contribution is 2.21. The number of hydrogen-bond donors (Lipinski definition) is 1. The molecule has 0 saturated carbocycles. The van der Waals surface area contributed by atoms with Crippen LogP contribution in [0.2, 0.25) is 0 Å². The summed E-state index contributed by atoms with van der Waals surface area (Å²) in [6, 6.07) is 17.8. The van der Waals surface area contributed by atoms with Gasteiger partial charge in [-0.15, -0.1) is 0 Å². The number of halogens is 2. The molecule has 0 aliphatic rings. The maximum Gasteiger partial charge on any atom is 0.0297 e. The van der Waals surface area contributed by atoms with Crippen molar-refractivity contribution in [2.75, 3.05) is 0 Å². The lowest BCUT2D eigenvalue weighted by atomic mass is 10.0. The Morgan fingerprint density at radius 3 is 1.74 bits per heavy atom. The van der Waals surface area contributed by atoms with Crippen LogP contribution in [0, 0.1) is 3.57 Å². The third kappa shape index (κ3) is 4.29. The first-order chi connectivity index (χ1) is 9.06. The topological polar surface area (TPSA) is 12.0 Å². The van der Waals surface area contributed by atoms with Crippen molar-refractivity contribution in [2.45, 2.75) is 25.9 Å². The molecule has 100 valence electrons. The molecule has 0 heterocycles. The van der Waals surface area contributed by atoms with Crippen LogP contribution in [0.4, 0.5) is 0 Å². The van der Waals surface area contributed by atoms with E-state index in [9.17, 15) is 0 Å². The average molecular weight is 430 g/mol. The zero-order valence-electron chi connectivity index (χ0n) is 11.0. The third-order valence-corrected chi connectivity index (χ3v) is 4.49. The van der Waals surface area contributed by atoms with Crippen LogP contribution in [-0.4, -0.2) is 0 Å². The van der Waals surface area contributed by atoms with Crippen molar-refractivity contribution >= 4 is 38.5 Å². The first kappa shape index (κ1) is 15.0. The average Bonchev–Trinajstić information content (AvgIpc) is 2.40. The zero-order chi connectivity index (χ0) is 13.8. The van der Waals surface area contributed by atoms with E-state index in [4.69, 9.17) is 0 Å². The number of benzene rings is 2. The Labute approximate surface area is 137 Å². The fourth-order valence-electron chi connectivity index (χ4n) is 2.07. The number of hydrogen-bond acceptors (Lipinski definition) is 1. The molecule has 2 aromatic rings. The van der Waals surface area contributed by atoms with Gasteiger partial charge in [0.1, 0.15) is 0 Å². The summed E-state index contributed by atoms with van der Waals surface area (Å²) in [5.74, 6) is 0. The van der Waals surface area contributed by atoms with Crippen molar-refractivity contribution < 1.29 is 0 Å². The van der Waals surface area contributed by atoms with E-state index in [1.807, 2.05) is 0 Å². The number of rotatable bonds is 4. The van der Waals surface area contributed by atoms with E-state index in [0.717, 1.165) is 4.47 Å². The second-order valence-electron chi connectivity index (χ2n) is 4.71. The second-order valence-corrected chi connectivity index (χ2v) is 6.87. The van der Waals surface area contributed by atoms with Gasteiger partial charge >= 0.3 is 0 Å². The van der Waals surface area contributed by atoms with Crippen LogP contribution >= 0.6 is 38.5 Å². The summed E-state index contributed by atoms with van der Waals surface area (Å²) in [6.45, 7) is 4.41. The van der Waals surface area contributed by atoms with Crippen LogP contribution in [-0.2, 0) is 0 Å². The molecule has 0 radical (unpaired) electrons. The highest BCUT2D eigenvalue weighted by molar-refractivity contribution is 14.1. The summed E-state index contributed by atoms with van der Waals surface area (Å²) >= 11 is 5.80. The number of nitrogens with one attached hydrogen (secondary N) is 1. The lowest BCUT2D eigenvalue weighted by Crippen LogP contribution is -2.22. The molecule has 0 aromatic heterocycles. The van der Waals surface area contributed by atoms with Crippen molar-refractivity contribution in [3.05, 3.63) is 67.7 Å². The first-order valence-corrected chi connectivity index (χ1v) is 8.20. The van der Waals surface area contributed by atoms with Gasteiger partial charge in [-0.3, -0.25) is 0 Å². The molecule has 19 heavy (non-hydrogen) atoms. The summed E-state index contributed by atoms with van der Waals surface area (Å²) in [7, 11) is 0. The summed E-state index contributed by atoms with van der Waals surface area (Å²) < 4.78 is 2.39. The predicted molar refractivity (Wildman–Crippen MR) is 93.3 cm³/mol. The molecular formula is C16H17BrIN. The third-order valence-electron chi connectivity index (χ3n) is 3.24. The Morgan fingerprint density at radius 2 is 1.26 bits per heavy atom. The Bertz CT molecular complexity index is 472. The lowest BCUT2D eigenvalue weighted by molar-refractivity contribution is 0.494. The van der Waals surface area contributed by atoms with Crippen LogP contribution in [0.3, 0.4) is 0 Å². The summed E-state index contributed by atoms with van der Waals surface area (Å²) in [5.41, 5.74) is 2.63. The molecule has 1 N–H and O–H groups in total. The van der Waals surface area contributed by atoms with E-state index in [2.05, 4.69) is 106 Å². The molecule has 2 aromatic carbocycles. The Kier molecular flexibility index (Phi) is 5.42. The van der Waals surface area contributed by atoms with Gasteiger partial charge in [0.15, 0.2) is 0 Å². The van der Waals surface area contributed by atoms with Crippen molar-refractivity contribution in [1.29, 1.82) is 0 Å². The van der Waals surface area contributed by atoms with Gasteiger partial charge in [-0.1, -0.05) is 40.2 Å². The smallest absolute Gasteiger partial charge is 0.0297 e. The van der Waals surface area contributed by atoms with E-state index in [0.29, 0.717) is 12.1 Å². The van der Waals surface area contributed by atoms with E-state index in [1.54, 1.807) is 0 Å². The molecule has 1 nitrogen and oxygen atoms in total. The summed E-state index contributed by atoms with van der Waals surface area (Å²) in [6.07, 6.45) is 0. The molecule has 1 unspecified atom stereocenters. The minimum atomic E-state index is 0.336. The van der Waals surface area contributed by atoms with Gasteiger partial charge < -0.3 is 5.32 Å². The molecular weight excluding hydrogens is 413 g/mol. The van der Waals surface area contributed by atoms with E-state index in [-0.39, 0.29) is 0 Å². The van der Waals surface area contributed by atoms with Crippen LogP contribution in [0.25, 0.3) is 0 Å². The Morgan fingerprint density at radius 1 is 0.842 bits per heavy atom. The van der Waals surface area contributed by atoms with Gasteiger partial charge in [0, 0.05) is 20.1 Å². The van der Waals surface area contributed by atoms with E-state index in [1.165, 1.54) is 14.7 Å². The van der Waals surface area contributed by atoms with E-state index >= 15 is 0 Å². The fraction of sp³-hybridized carbons (Fsp3) is 0.250. The molecule has 0 saturated heterocycles. The highest BCUT2D eigenvalue weighted by Gasteiger charge is 2.10. The normalized spacial score (nSPS) is 14.1. The molecule has 0 bridgehead atoms. The fourth-order valence-corrected chi connectivity index (χ4v) is 2.69. The van der Waals surface area contributed by atoms with Crippen molar-refractivity contribution in [3.8, 4) is 0 Å². The molecule has 0 spiro atoms. The SMILES string of the molecule is CC(N[C@H](C)c1ccc(Br)cc1)c1ccc(I)cc1. The summed E-state index contributed by atoms with van der Waals surface area (Å²) in [4.78, 5) is 0. The molecule has 0 fully saturated rings. The second kappa shape index (κ2) is 6.86. The first-order valence-electron chi connectivity index (χ1n) is 6.33. The van der Waals surface area contributed by atoms with Gasteiger partial charge in [-0.25, -0.2) is 0 Å². The maximum atomic E-state index is 3.63. The van der Waals surface area contributed by atoms with Gasteiger partial charge in [0.05, 0.1) is 0 Å². The van der Waals surface area contributed by atoms with E-state index < -0.39 is 0 Å². The monoisotopic (exact) mass is 429 g/mol. The molecule has 3 heteroatoms. The van der Waals surface area contributed by atoms with Crippen molar-refractivity contribution in [1.82, 2.24) is 5.32 Å². The molecule has 0 aliphatic carbocycles. The summed E-state index contributed by atoms with van der Waals surface area (Å²) in [5, 5.41) is 3.63. The molecule has 0 amide bonds. The van der Waals surface area contributed by atoms with Crippen molar-refractivity contribution in [3.63, 3.8) is 0 Å². The quantitative estimate of drug-likeness (QED) is 0.635. The van der Waals surface area contributed by atoms with Crippen LogP contribution in [0.5, 0.6) is 0 Å². The van der Waals surface area contributed by atoms with Crippen LogP contribution in [0.15, 0.2) is 53.0 Å². The van der Waals surface area contributed by atoms with Crippen LogP contribution in [0.1, 0.15) is 37.1 Å². The highest BCUT2D eigenvalue weighted by atomic mass is 127. The maximum absolute atomic E-state index is 3.63. The standard InChI is InChI=1S/C16H17BrIN/c1-11(13-3-7-15(17)8-4-13)19-12(2)14-5-9-16(18)10-6-14/h3-12,19H,1-2H3/t11-,12?/m1/s1. The predicted octanol–water partition coefficient (Wildman–Crippen LogP) is 5.47. The molecule has 2 rings (SSSR count). The van der Waals surface area contributed by atoms with Gasteiger partial charge in [0.2, 0.25) is 0 Å². The van der Waals surface area contributed by atoms with Gasteiger partial charge in [-0.05, 0) is 71.8 Å². The molecule has 2 atom stereocenters. The Balaban J connectivity index is 2.03. The lowest BCUT2D eigenvalue weighted by Gasteiger charge is -2.21. The minimum Gasteiger partial charge on any atom is -0.304 e. The zero-order valence-corrected chi connectivity index (χ0v) is 14.8. The largest absolute Gasteiger partial charge is 0.304 e.